The van der Waals surface area contributed by atoms with Crippen LogP contribution in [-0.4, -0.2) is 17.0 Å². The number of nitrogens with zero attached hydrogens (tertiary/aromatic N) is 2. The molecule has 9 heteroatoms. The lowest BCUT2D eigenvalue weighted by Gasteiger charge is -2.03. The van der Waals surface area contributed by atoms with Crippen molar-refractivity contribution < 1.29 is 14.6 Å². The van der Waals surface area contributed by atoms with Crippen molar-refractivity contribution in [1.29, 1.82) is 0 Å². The number of rotatable bonds is 4. The minimum atomic E-state index is -0.755. The average Bonchev–Trinajstić information content (AvgIpc) is 2.26. The molecule has 0 heterocycles. The monoisotopic (exact) mass is 264 g/mol. The van der Waals surface area contributed by atoms with Gasteiger partial charge >= 0.3 is 5.69 Å². The summed E-state index contributed by atoms with van der Waals surface area (Å²) in [6.45, 7) is 0. The molecule has 0 spiro atoms. The van der Waals surface area contributed by atoms with Gasteiger partial charge in [-0.1, -0.05) is 0 Å². The second-order valence-electron chi connectivity index (χ2n) is 2.58. The lowest BCUT2D eigenvalue weighted by molar-refractivity contribution is -0.396. The standard InChI is InChI=1S/C7H5ClN2O5S/c1-15-6-3-7(16-8)5(10(13)14)2-4(6)9(11)12/h2-3H,1H3. The lowest BCUT2D eigenvalue weighted by Crippen LogP contribution is -1.97. The molecule has 0 bridgehead atoms. The van der Waals surface area contributed by atoms with Crippen LogP contribution in [0.3, 0.4) is 0 Å². The highest BCUT2D eigenvalue weighted by atomic mass is 35.7. The van der Waals surface area contributed by atoms with Crippen LogP contribution in [0.25, 0.3) is 0 Å². The van der Waals surface area contributed by atoms with Gasteiger partial charge in [0.1, 0.15) is 4.90 Å². The normalized spacial score (nSPS) is 9.88. The van der Waals surface area contributed by atoms with Crippen molar-refractivity contribution in [1.82, 2.24) is 0 Å². The van der Waals surface area contributed by atoms with Crippen molar-refractivity contribution in [2.75, 3.05) is 7.11 Å². The van der Waals surface area contributed by atoms with Gasteiger partial charge in [0, 0.05) is 6.07 Å². The molecule has 0 amide bonds. The van der Waals surface area contributed by atoms with E-state index in [1.54, 1.807) is 0 Å². The Morgan fingerprint density at radius 2 is 1.81 bits per heavy atom. The molecule has 86 valence electrons. The molecule has 0 aromatic heterocycles. The van der Waals surface area contributed by atoms with E-state index in [-0.39, 0.29) is 10.6 Å². The molecular weight excluding hydrogens is 260 g/mol. The molecule has 1 rings (SSSR count). The molecule has 0 fully saturated rings. The van der Waals surface area contributed by atoms with E-state index in [0.717, 1.165) is 12.1 Å². The average molecular weight is 265 g/mol. The molecule has 7 nitrogen and oxygen atoms in total. The van der Waals surface area contributed by atoms with Gasteiger partial charge in [-0.2, -0.15) is 0 Å². The van der Waals surface area contributed by atoms with Crippen molar-refractivity contribution in [3.05, 3.63) is 32.4 Å². The molecular formula is C7H5ClN2O5S. The van der Waals surface area contributed by atoms with Gasteiger partial charge in [0.25, 0.3) is 5.69 Å². The van der Waals surface area contributed by atoms with E-state index in [1.807, 2.05) is 0 Å². The maximum Gasteiger partial charge on any atom is 0.317 e. The Labute approximate surface area is 98.1 Å². The van der Waals surface area contributed by atoms with Crippen LogP contribution in [0, 0.1) is 20.2 Å². The Bertz CT molecular complexity index is 415. The minimum absolute atomic E-state index is 0.0706. The van der Waals surface area contributed by atoms with Crippen molar-refractivity contribution in [3.8, 4) is 5.75 Å². The Hall–Kier alpha value is -1.54. The van der Waals surface area contributed by atoms with E-state index >= 15 is 0 Å². The fourth-order valence-corrected chi connectivity index (χ4v) is 1.78. The Balaban J connectivity index is 3.46. The SMILES string of the molecule is COc1cc(SCl)c([N+](=O)[O-])cc1[N+](=O)[O-]. The topological polar surface area (TPSA) is 95.5 Å². The third-order valence-electron chi connectivity index (χ3n) is 1.74. The van der Waals surface area contributed by atoms with Crippen LogP contribution < -0.4 is 4.74 Å². The maximum atomic E-state index is 10.6. The summed E-state index contributed by atoms with van der Waals surface area (Å²) in [6, 6.07) is 1.98. The molecule has 0 saturated carbocycles. The van der Waals surface area contributed by atoms with Crippen molar-refractivity contribution in [2.24, 2.45) is 0 Å². The van der Waals surface area contributed by atoms with E-state index in [0.29, 0.717) is 11.0 Å². The van der Waals surface area contributed by atoms with Crippen LogP contribution in [0.15, 0.2) is 17.0 Å². The summed E-state index contributed by atoms with van der Waals surface area (Å²) in [5.74, 6) is -0.0706. The van der Waals surface area contributed by atoms with E-state index < -0.39 is 21.2 Å². The van der Waals surface area contributed by atoms with Crippen LogP contribution in [-0.2, 0) is 0 Å². The third-order valence-corrected chi connectivity index (χ3v) is 2.73. The highest BCUT2D eigenvalue weighted by molar-refractivity contribution is 8.21. The fourth-order valence-electron chi connectivity index (χ4n) is 1.05. The zero-order valence-corrected chi connectivity index (χ0v) is 9.45. The summed E-state index contributed by atoms with van der Waals surface area (Å²) in [7, 11) is 7.26. The van der Waals surface area contributed by atoms with E-state index in [9.17, 15) is 20.2 Å². The molecule has 0 unspecified atom stereocenters. The second-order valence-corrected chi connectivity index (χ2v) is 3.64. The quantitative estimate of drug-likeness (QED) is 0.613. The van der Waals surface area contributed by atoms with E-state index in [1.165, 1.54) is 7.11 Å². The summed E-state index contributed by atoms with van der Waals surface area (Å²) in [4.78, 5) is 19.8. The van der Waals surface area contributed by atoms with Crippen LogP contribution in [0.4, 0.5) is 11.4 Å². The van der Waals surface area contributed by atoms with Gasteiger partial charge < -0.3 is 4.74 Å². The molecule has 0 atom stereocenters. The van der Waals surface area contributed by atoms with Gasteiger partial charge in [0.15, 0.2) is 5.75 Å². The fraction of sp³-hybridized carbons (Fsp3) is 0.143. The van der Waals surface area contributed by atoms with Crippen LogP contribution in [0.1, 0.15) is 0 Å². The summed E-state index contributed by atoms with van der Waals surface area (Å²) in [5.41, 5.74) is -0.892. The van der Waals surface area contributed by atoms with Crippen LogP contribution in [0.2, 0.25) is 0 Å². The number of hydrogen-bond acceptors (Lipinski definition) is 6. The smallest absolute Gasteiger partial charge is 0.317 e. The minimum Gasteiger partial charge on any atom is -0.490 e. The molecule has 0 aliphatic heterocycles. The lowest BCUT2D eigenvalue weighted by atomic mass is 10.2. The molecule has 0 radical (unpaired) electrons. The molecule has 16 heavy (non-hydrogen) atoms. The number of methoxy groups -OCH3 is 1. The third kappa shape index (κ3) is 2.34. The highest BCUT2D eigenvalue weighted by Crippen LogP contribution is 2.40. The number of ether oxygens (including phenoxy) is 1. The Kier molecular flexibility index (Phi) is 3.91. The van der Waals surface area contributed by atoms with Gasteiger partial charge in [-0.3, -0.25) is 20.2 Å². The summed E-state index contributed by atoms with van der Waals surface area (Å²) >= 11 is 0. The number of nitro groups is 2. The summed E-state index contributed by atoms with van der Waals surface area (Å²) < 4.78 is 4.75. The molecule has 0 saturated heterocycles. The predicted octanol–water partition coefficient (Wildman–Crippen LogP) is 2.76. The number of halogens is 1. The first-order chi connectivity index (χ1) is 7.51. The van der Waals surface area contributed by atoms with Crippen molar-refractivity contribution in [3.63, 3.8) is 0 Å². The molecule has 0 N–H and O–H groups in total. The van der Waals surface area contributed by atoms with Gasteiger partial charge in [-0.15, -0.1) is 0 Å². The largest absolute Gasteiger partial charge is 0.490 e. The van der Waals surface area contributed by atoms with Crippen LogP contribution in [0.5, 0.6) is 5.75 Å². The zero-order chi connectivity index (χ0) is 12.3. The first kappa shape index (κ1) is 12.5. The predicted molar refractivity (Wildman–Crippen MR) is 58.0 cm³/mol. The number of nitro benzene ring substituents is 2. The number of hydrogen-bond donors (Lipinski definition) is 0. The maximum absolute atomic E-state index is 10.6. The zero-order valence-electron chi connectivity index (χ0n) is 7.88. The summed E-state index contributed by atoms with van der Waals surface area (Å²) in [6.07, 6.45) is 0. The van der Waals surface area contributed by atoms with Gasteiger partial charge in [0.05, 0.1) is 23.0 Å². The van der Waals surface area contributed by atoms with Crippen molar-refractivity contribution >= 4 is 33.0 Å². The number of benzene rings is 1. The first-order valence-electron chi connectivity index (χ1n) is 3.80. The first-order valence-corrected chi connectivity index (χ1v) is 5.45. The van der Waals surface area contributed by atoms with Crippen LogP contribution >= 0.6 is 21.7 Å². The Morgan fingerprint density at radius 1 is 1.25 bits per heavy atom. The highest BCUT2D eigenvalue weighted by Gasteiger charge is 2.25. The molecule has 1 aromatic rings. The Morgan fingerprint density at radius 3 is 2.19 bits per heavy atom. The molecule has 0 aliphatic carbocycles. The molecule has 0 aliphatic rings. The van der Waals surface area contributed by atoms with E-state index in [2.05, 4.69) is 0 Å². The summed E-state index contributed by atoms with van der Waals surface area (Å²) in [5, 5.41) is 21.2. The van der Waals surface area contributed by atoms with Gasteiger partial charge in [-0.05, 0) is 21.7 Å². The van der Waals surface area contributed by atoms with Crippen molar-refractivity contribution in [2.45, 2.75) is 4.90 Å². The molecule has 1 aromatic carbocycles. The second kappa shape index (κ2) is 4.99. The van der Waals surface area contributed by atoms with Gasteiger partial charge in [0.2, 0.25) is 0 Å². The van der Waals surface area contributed by atoms with E-state index in [4.69, 9.17) is 15.4 Å². The van der Waals surface area contributed by atoms with Gasteiger partial charge in [-0.25, -0.2) is 0 Å².